The van der Waals surface area contributed by atoms with Gasteiger partial charge in [-0.3, -0.25) is 13.9 Å². The van der Waals surface area contributed by atoms with Gasteiger partial charge in [0.05, 0.1) is 17.6 Å². The summed E-state index contributed by atoms with van der Waals surface area (Å²) in [4.78, 5) is 23.5. The number of carbonyl (C=O) groups is 1. The highest BCUT2D eigenvalue weighted by Crippen LogP contribution is 2.16. The zero-order valence-electron chi connectivity index (χ0n) is 10.3. The molecule has 90 valence electrons. The summed E-state index contributed by atoms with van der Waals surface area (Å²) in [5, 5.41) is 0. The molecule has 0 radical (unpaired) electrons. The fourth-order valence-electron chi connectivity index (χ4n) is 2.11. The lowest BCUT2D eigenvalue weighted by Crippen LogP contribution is -2.27. The lowest BCUT2D eigenvalue weighted by molar-refractivity contribution is -0.117. The van der Waals surface area contributed by atoms with Crippen LogP contribution < -0.4 is 5.69 Å². The first-order valence-electron chi connectivity index (χ1n) is 5.71. The number of fused-ring (bicyclic) bond motifs is 1. The normalized spacial score (nSPS) is 11.3. The highest BCUT2D eigenvalue weighted by molar-refractivity contribution is 5.80. The molecule has 2 rings (SSSR count). The average Bonchev–Trinajstić information content (AvgIpc) is 2.52. The minimum absolute atomic E-state index is 0.0150. The van der Waals surface area contributed by atoms with E-state index in [0.29, 0.717) is 0 Å². The number of imidazole rings is 1. The van der Waals surface area contributed by atoms with Crippen molar-refractivity contribution in [1.29, 1.82) is 0 Å². The Kier molecular flexibility index (Phi) is 2.88. The summed E-state index contributed by atoms with van der Waals surface area (Å²) in [6, 6.07) is 7.65. The third-order valence-electron chi connectivity index (χ3n) is 2.77. The number of para-hydroxylation sites is 2. The van der Waals surface area contributed by atoms with Crippen LogP contribution in [0.15, 0.2) is 29.1 Å². The highest BCUT2D eigenvalue weighted by atomic mass is 16.2. The molecule has 0 fully saturated rings. The number of carbonyl (C=O) groups excluding carboxylic acids is 1. The van der Waals surface area contributed by atoms with Crippen LogP contribution in [0.1, 0.15) is 26.8 Å². The van der Waals surface area contributed by atoms with Gasteiger partial charge in [-0.05, 0) is 32.9 Å². The Morgan fingerprint density at radius 3 is 2.35 bits per heavy atom. The fraction of sp³-hybridized carbons (Fsp3) is 0.385. The molecule has 17 heavy (non-hydrogen) atoms. The van der Waals surface area contributed by atoms with E-state index in [-0.39, 0.29) is 24.1 Å². The molecule has 1 aromatic heterocycles. The summed E-state index contributed by atoms with van der Waals surface area (Å²) >= 11 is 0. The second kappa shape index (κ2) is 4.20. The lowest BCUT2D eigenvalue weighted by Gasteiger charge is -2.05. The molecule has 0 amide bonds. The summed E-state index contributed by atoms with van der Waals surface area (Å²) in [5.74, 6) is -0.0150. The van der Waals surface area contributed by atoms with Gasteiger partial charge < -0.3 is 0 Å². The van der Waals surface area contributed by atoms with Crippen LogP contribution in [-0.4, -0.2) is 14.9 Å². The predicted octanol–water partition coefficient (Wildman–Crippen LogP) is 1.97. The summed E-state index contributed by atoms with van der Waals surface area (Å²) in [5.41, 5.74) is 1.59. The van der Waals surface area contributed by atoms with Gasteiger partial charge in [0, 0.05) is 6.04 Å². The molecule has 0 aliphatic carbocycles. The van der Waals surface area contributed by atoms with E-state index in [1.807, 2.05) is 38.1 Å². The molecule has 4 nitrogen and oxygen atoms in total. The average molecular weight is 232 g/mol. The summed E-state index contributed by atoms with van der Waals surface area (Å²) in [6.45, 7) is 5.56. The van der Waals surface area contributed by atoms with Crippen molar-refractivity contribution in [3.63, 3.8) is 0 Å². The Bertz CT molecular complexity index is 620. The van der Waals surface area contributed by atoms with Gasteiger partial charge in [0.1, 0.15) is 5.78 Å². The first-order valence-corrected chi connectivity index (χ1v) is 5.71. The molecule has 4 heteroatoms. The monoisotopic (exact) mass is 232 g/mol. The number of aromatic nitrogens is 2. The molecule has 2 aromatic rings. The maximum absolute atomic E-state index is 12.2. The fourth-order valence-corrected chi connectivity index (χ4v) is 2.11. The quantitative estimate of drug-likeness (QED) is 0.812. The van der Waals surface area contributed by atoms with E-state index in [9.17, 15) is 9.59 Å². The third-order valence-corrected chi connectivity index (χ3v) is 2.77. The standard InChI is InChI=1S/C13H16N2O2/c1-9(2)15-12-7-5-4-6-11(12)14(13(15)17)8-10(3)16/h4-7,9H,8H2,1-3H3. The van der Waals surface area contributed by atoms with Gasteiger partial charge in [-0.15, -0.1) is 0 Å². The Labute approximate surface area is 99.5 Å². The largest absolute Gasteiger partial charge is 0.329 e. The zero-order chi connectivity index (χ0) is 12.6. The Balaban J connectivity index is 2.79. The topological polar surface area (TPSA) is 44.0 Å². The van der Waals surface area contributed by atoms with Crippen molar-refractivity contribution >= 4 is 16.8 Å². The van der Waals surface area contributed by atoms with Crippen LogP contribution in [-0.2, 0) is 11.3 Å². The van der Waals surface area contributed by atoms with Crippen LogP contribution in [0.4, 0.5) is 0 Å². The lowest BCUT2D eigenvalue weighted by atomic mass is 10.3. The first kappa shape index (κ1) is 11.6. The van der Waals surface area contributed by atoms with Crippen LogP contribution in [0.25, 0.3) is 11.0 Å². The molecule has 0 bridgehead atoms. The second-order valence-corrected chi connectivity index (χ2v) is 4.52. The molecule has 0 atom stereocenters. The van der Waals surface area contributed by atoms with Crippen LogP contribution in [0.2, 0.25) is 0 Å². The molecule has 0 saturated carbocycles. The number of ketones is 1. The minimum atomic E-state index is -0.114. The summed E-state index contributed by atoms with van der Waals surface area (Å²) in [6.07, 6.45) is 0. The SMILES string of the molecule is CC(=O)Cn1c(=O)n(C(C)C)c2ccccc21. The van der Waals surface area contributed by atoms with E-state index >= 15 is 0 Å². The van der Waals surface area contributed by atoms with Crippen molar-refractivity contribution in [2.45, 2.75) is 33.4 Å². The summed E-state index contributed by atoms with van der Waals surface area (Å²) in [7, 11) is 0. The Hall–Kier alpha value is -1.84. The predicted molar refractivity (Wildman–Crippen MR) is 67.3 cm³/mol. The van der Waals surface area contributed by atoms with E-state index < -0.39 is 0 Å². The van der Waals surface area contributed by atoms with E-state index in [2.05, 4.69) is 0 Å². The van der Waals surface area contributed by atoms with Gasteiger partial charge in [0.15, 0.2) is 0 Å². The van der Waals surface area contributed by atoms with Crippen molar-refractivity contribution in [1.82, 2.24) is 9.13 Å². The molecule has 0 aliphatic heterocycles. The Morgan fingerprint density at radius 2 is 1.82 bits per heavy atom. The van der Waals surface area contributed by atoms with E-state index in [1.165, 1.54) is 11.5 Å². The first-order chi connectivity index (χ1) is 8.02. The Morgan fingerprint density at radius 1 is 1.24 bits per heavy atom. The van der Waals surface area contributed by atoms with Crippen molar-refractivity contribution in [2.24, 2.45) is 0 Å². The molecule has 0 spiro atoms. The maximum atomic E-state index is 12.2. The van der Waals surface area contributed by atoms with Crippen LogP contribution in [0.5, 0.6) is 0 Å². The van der Waals surface area contributed by atoms with E-state index in [1.54, 1.807) is 4.57 Å². The molecule has 1 heterocycles. The second-order valence-electron chi connectivity index (χ2n) is 4.52. The van der Waals surface area contributed by atoms with Crippen LogP contribution >= 0.6 is 0 Å². The highest BCUT2D eigenvalue weighted by Gasteiger charge is 2.15. The molecule has 0 saturated heterocycles. The van der Waals surface area contributed by atoms with Crippen molar-refractivity contribution in [2.75, 3.05) is 0 Å². The van der Waals surface area contributed by atoms with Crippen molar-refractivity contribution in [3.05, 3.63) is 34.7 Å². The van der Waals surface area contributed by atoms with Gasteiger partial charge in [0.25, 0.3) is 0 Å². The molecule has 1 aromatic carbocycles. The molecule has 0 aliphatic rings. The molecule has 0 N–H and O–H groups in total. The number of rotatable bonds is 3. The van der Waals surface area contributed by atoms with Crippen LogP contribution in [0, 0.1) is 0 Å². The number of nitrogens with zero attached hydrogens (tertiary/aromatic N) is 2. The number of hydrogen-bond acceptors (Lipinski definition) is 2. The number of Topliss-reactive ketones (excluding diaryl/α,β-unsaturated/α-hetero) is 1. The maximum Gasteiger partial charge on any atom is 0.329 e. The molecule has 0 unspecified atom stereocenters. The number of benzene rings is 1. The zero-order valence-corrected chi connectivity index (χ0v) is 10.3. The summed E-state index contributed by atoms with van der Waals surface area (Å²) < 4.78 is 3.26. The third kappa shape index (κ3) is 1.90. The molecular weight excluding hydrogens is 216 g/mol. The van der Waals surface area contributed by atoms with Gasteiger partial charge in [-0.25, -0.2) is 4.79 Å². The van der Waals surface area contributed by atoms with Gasteiger partial charge in [-0.1, -0.05) is 12.1 Å². The van der Waals surface area contributed by atoms with Gasteiger partial charge >= 0.3 is 5.69 Å². The van der Waals surface area contributed by atoms with Crippen molar-refractivity contribution < 1.29 is 4.79 Å². The van der Waals surface area contributed by atoms with E-state index in [4.69, 9.17) is 0 Å². The minimum Gasteiger partial charge on any atom is -0.298 e. The van der Waals surface area contributed by atoms with Crippen LogP contribution in [0.3, 0.4) is 0 Å². The van der Waals surface area contributed by atoms with Crippen molar-refractivity contribution in [3.8, 4) is 0 Å². The molecular formula is C13H16N2O2. The van der Waals surface area contributed by atoms with Gasteiger partial charge in [-0.2, -0.15) is 0 Å². The van der Waals surface area contributed by atoms with Gasteiger partial charge in [0.2, 0.25) is 0 Å². The van der Waals surface area contributed by atoms with E-state index in [0.717, 1.165) is 11.0 Å². The number of hydrogen-bond donors (Lipinski definition) is 0. The smallest absolute Gasteiger partial charge is 0.298 e.